The molecule has 1 aliphatic heterocycles. The molecule has 0 saturated heterocycles. The first-order chi connectivity index (χ1) is 10.7. The highest BCUT2D eigenvalue weighted by Gasteiger charge is 2.27. The molecule has 2 aromatic heterocycles. The zero-order valence-electron chi connectivity index (χ0n) is 12.1. The highest BCUT2D eigenvalue weighted by atomic mass is 16.2. The predicted octanol–water partition coefficient (Wildman–Crippen LogP) is 0.307. The van der Waals surface area contributed by atoms with Gasteiger partial charge in [-0.15, -0.1) is 0 Å². The van der Waals surface area contributed by atoms with Crippen LogP contribution in [0.25, 0.3) is 0 Å². The van der Waals surface area contributed by atoms with E-state index in [1.165, 1.54) is 12.8 Å². The van der Waals surface area contributed by atoms with Crippen LogP contribution in [0.1, 0.15) is 53.6 Å². The molecule has 2 aromatic rings. The van der Waals surface area contributed by atoms with Crippen LogP contribution >= 0.6 is 0 Å². The van der Waals surface area contributed by atoms with Crippen molar-refractivity contribution in [2.45, 2.75) is 50.6 Å². The molecule has 1 unspecified atom stereocenters. The minimum atomic E-state index is -0.177. The fourth-order valence-electron chi connectivity index (χ4n) is 2.96. The lowest BCUT2D eigenvalue weighted by atomic mass is 10.1. The second-order valence-electron chi connectivity index (χ2n) is 6.08. The van der Waals surface area contributed by atoms with Gasteiger partial charge in [0.2, 0.25) is 0 Å². The molecule has 0 spiro atoms. The molecule has 4 rings (SSSR count). The van der Waals surface area contributed by atoms with Gasteiger partial charge in [-0.05, 0) is 31.7 Å². The van der Waals surface area contributed by atoms with Gasteiger partial charge in [-0.2, -0.15) is 10.2 Å². The first-order valence-corrected chi connectivity index (χ1v) is 7.71. The number of hydrogen-bond acceptors (Lipinski definition) is 4. The van der Waals surface area contributed by atoms with Crippen LogP contribution in [0.2, 0.25) is 0 Å². The summed E-state index contributed by atoms with van der Waals surface area (Å²) in [7, 11) is 0. The minimum absolute atomic E-state index is 0.0367. The van der Waals surface area contributed by atoms with Crippen molar-refractivity contribution in [1.82, 2.24) is 30.3 Å². The molecule has 0 bridgehead atoms. The third kappa shape index (κ3) is 2.44. The fraction of sp³-hybridized carbons (Fsp3) is 0.571. The first-order valence-electron chi connectivity index (χ1n) is 7.71. The lowest BCUT2D eigenvalue weighted by Gasteiger charge is -2.14. The molecule has 8 heteroatoms. The van der Waals surface area contributed by atoms with Gasteiger partial charge >= 0.3 is 5.69 Å². The Morgan fingerprint density at radius 1 is 1.23 bits per heavy atom. The van der Waals surface area contributed by atoms with Gasteiger partial charge in [0.05, 0.1) is 0 Å². The van der Waals surface area contributed by atoms with Crippen LogP contribution in [-0.2, 0) is 13.0 Å². The number of rotatable bonds is 3. The number of hydrogen-bond donors (Lipinski definition) is 3. The van der Waals surface area contributed by atoms with E-state index in [-0.39, 0.29) is 17.6 Å². The van der Waals surface area contributed by atoms with Crippen LogP contribution in [0, 0.1) is 0 Å². The van der Waals surface area contributed by atoms with Gasteiger partial charge in [-0.1, -0.05) is 0 Å². The van der Waals surface area contributed by atoms with Crippen LogP contribution < -0.4 is 11.0 Å². The summed E-state index contributed by atoms with van der Waals surface area (Å²) in [5.41, 5.74) is 1.32. The molecule has 0 aromatic carbocycles. The first kappa shape index (κ1) is 13.3. The summed E-state index contributed by atoms with van der Waals surface area (Å²) in [5.74, 6) is 1.16. The van der Waals surface area contributed by atoms with E-state index in [0.717, 1.165) is 24.4 Å². The Bertz CT molecular complexity index is 753. The van der Waals surface area contributed by atoms with Gasteiger partial charge in [0.25, 0.3) is 5.91 Å². The summed E-state index contributed by atoms with van der Waals surface area (Å²) in [6.45, 7) is 0.573. The molecule has 2 aliphatic rings. The molecule has 1 saturated carbocycles. The quantitative estimate of drug-likeness (QED) is 0.758. The lowest BCUT2D eigenvalue weighted by Crippen LogP contribution is -2.35. The molecule has 8 nitrogen and oxygen atoms in total. The van der Waals surface area contributed by atoms with Gasteiger partial charge < -0.3 is 5.32 Å². The van der Waals surface area contributed by atoms with Crippen LogP contribution in [0.5, 0.6) is 0 Å². The van der Waals surface area contributed by atoms with Crippen molar-refractivity contribution >= 4 is 5.91 Å². The summed E-state index contributed by atoms with van der Waals surface area (Å²) in [6.07, 6.45) is 4.52. The average Bonchev–Trinajstić information content (AvgIpc) is 3.19. The predicted molar refractivity (Wildman–Crippen MR) is 77.6 cm³/mol. The van der Waals surface area contributed by atoms with E-state index in [1.807, 2.05) is 6.07 Å². The second kappa shape index (κ2) is 5.11. The minimum Gasteiger partial charge on any atom is -0.348 e. The Hall–Kier alpha value is -2.38. The molecule has 22 heavy (non-hydrogen) atoms. The largest absolute Gasteiger partial charge is 0.348 e. The van der Waals surface area contributed by atoms with E-state index in [0.29, 0.717) is 24.6 Å². The SMILES string of the molecule is O=C(NC1CCc2n[nH]c(=O)n2CC1)c1cc(C2CC2)[nH]n1. The summed E-state index contributed by atoms with van der Waals surface area (Å²) < 4.78 is 1.64. The molecule has 1 amide bonds. The molecule has 1 fully saturated rings. The third-order valence-corrected chi connectivity index (χ3v) is 4.44. The van der Waals surface area contributed by atoms with E-state index < -0.39 is 0 Å². The van der Waals surface area contributed by atoms with Gasteiger partial charge in [-0.25, -0.2) is 9.89 Å². The maximum atomic E-state index is 12.3. The van der Waals surface area contributed by atoms with Gasteiger partial charge in [0.15, 0.2) is 0 Å². The highest BCUT2D eigenvalue weighted by molar-refractivity contribution is 5.92. The standard InChI is InChI=1S/C14H18N6O2/c21-13(11-7-10(16-17-11)8-1-2-8)15-9-3-4-12-18-19-14(22)20(12)6-5-9/h7-9H,1-6H2,(H,15,21)(H,16,17)(H,19,22). The van der Waals surface area contributed by atoms with E-state index in [4.69, 9.17) is 0 Å². The van der Waals surface area contributed by atoms with Crippen LogP contribution in [-0.4, -0.2) is 36.9 Å². The summed E-state index contributed by atoms with van der Waals surface area (Å²) in [4.78, 5) is 23.9. The molecular formula is C14H18N6O2. The number of aryl methyl sites for hydroxylation is 1. The molecule has 3 N–H and O–H groups in total. The van der Waals surface area contributed by atoms with E-state index in [1.54, 1.807) is 4.57 Å². The van der Waals surface area contributed by atoms with Crippen LogP contribution in [0.4, 0.5) is 0 Å². The Labute approximate surface area is 126 Å². The Morgan fingerprint density at radius 2 is 2.09 bits per heavy atom. The third-order valence-electron chi connectivity index (χ3n) is 4.44. The van der Waals surface area contributed by atoms with Gasteiger partial charge in [0.1, 0.15) is 11.5 Å². The van der Waals surface area contributed by atoms with Crippen molar-refractivity contribution in [3.05, 3.63) is 33.8 Å². The van der Waals surface area contributed by atoms with Crippen molar-refractivity contribution in [2.24, 2.45) is 0 Å². The summed E-state index contributed by atoms with van der Waals surface area (Å²) in [6, 6.07) is 1.88. The Morgan fingerprint density at radius 3 is 2.91 bits per heavy atom. The van der Waals surface area contributed by atoms with E-state index in [9.17, 15) is 9.59 Å². The van der Waals surface area contributed by atoms with Crippen LogP contribution in [0.15, 0.2) is 10.9 Å². The monoisotopic (exact) mass is 302 g/mol. The highest BCUT2D eigenvalue weighted by Crippen LogP contribution is 2.38. The number of nitrogens with one attached hydrogen (secondary N) is 3. The van der Waals surface area contributed by atoms with Gasteiger partial charge in [-0.3, -0.25) is 14.5 Å². The molecule has 0 radical (unpaired) electrons. The Kier molecular flexibility index (Phi) is 3.09. The lowest BCUT2D eigenvalue weighted by molar-refractivity contribution is 0.0928. The number of aromatic nitrogens is 5. The maximum Gasteiger partial charge on any atom is 0.343 e. The topological polar surface area (TPSA) is 108 Å². The number of amides is 1. The molecule has 1 aliphatic carbocycles. The number of fused-ring (bicyclic) bond motifs is 1. The number of carbonyl (C=O) groups is 1. The molecule has 116 valence electrons. The molecule has 3 heterocycles. The number of carbonyl (C=O) groups excluding carboxylic acids is 1. The van der Waals surface area contributed by atoms with Crippen molar-refractivity contribution in [2.75, 3.05) is 0 Å². The fourth-order valence-corrected chi connectivity index (χ4v) is 2.96. The summed E-state index contributed by atoms with van der Waals surface area (Å²) >= 11 is 0. The smallest absolute Gasteiger partial charge is 0.343 e. The number of nitrogens with zero attached hydrogens (tertiary/aromatic N) is 3. The van der Waals surface area contributed by atoms with E-state index in [2.05, 4.69) is 25.7 Å². The molecular weight excluding hydrogens is 284 g/mol. The number of H-pyrrole nitrogens is 2. The van der Waals surface area contributed by atoms with Crippen LogP contribution in [0.3, 0.4) is 0 Å². The zero-order chi connectivity index (χ0) is 15.1. The number of aromatic amines is 2. The van der Waals surface area contributed by atoms with E-state index >= 15 is 0 Å². The van der Waals surface area contributed by atoms with Crippen molar-refractivity contribution in [1.29, 1.82) is 0 Å². The van der Waals surface area contributed by atoms with Crippen molar-refractivity contribution < 1.29 is 4.79 Å². The average molecular weight is 302 g/mol. The summed E-state index contributed by atoms with van der Waals surface area (Å²) in [5, 5.41) is 16.5. The normalized spacial score (nSPS) is 21.2. The zero-order valence-corrected chi connectivity index (χ0v) is 12.1. The van der Waals surface area contributed by atoms with Crippen molar-refractivity contribution in [3.63, 3.8) is 0 Å². The maximum absolute atomic E-state index is 12.3. The Balaban J connectivity index is 1.40. The molecule has 1 atom stereocenters. The second-order valence-corrected chi connectivity index (χ2v) is 6.08. The van der Waals surface area contributed by atoms with Gasteiger partial charge in [0, 0.05) is 30.6 Å². The van der Waals surface area contributed by atoms with Crippen molar-refractivity contribution in [3.8, 4) is 0 Å².